The molecule has 0 atom stereocenters. The van der Waals surface area contributed by atoms with E-state index >= 15 is 0 Å². The van der Waals surface area contributed by atoms with Crippen molar-refractivity contribution in [3.8, 4) is 17.2 Å². The molecule has 0 N–H and O–H groups in total. The van der Waals surface area contributed by atoms with Gasteiger partial charge in [-0.15, -0.1) is 11.3 Å². The van der Waals surface area contributed by atoms with Gasteiger partial charge in [0.25, 0.3) is 0 Å². The summed E-state index contributed by atoms with van der Waals surface area (Å²) in [5.41, 5.74) is 6.20. The highest BCUT2D eigenvalue weighted by atomic mass is 32.1. The number of nitrogens with zero attached hydrogens (tertiary/aromatic N) is 4. The lowest BCUT2D eigenvalue weighted by atomic mass is 10.0. The largest absolute Gasteiger partial charge is 0.276 e. The van der Waals surface area contributed by atoms with E-state index in [4.69, 9.17) is 15.0 Å². The van der Waals surface area contributed by atoms with Crippen molar-refractivity contribution in [3.05, 3.63) is 121 Å². The van der Waals surface area contributed by atoms with Gasteiger partial charge in [0.05, 0.1) is 37.2 Å². The van der Waals surface area contributed by atoms with Crippen molar-refractivity contribution in [2.75, 3.05) is 0 Å². The van der Waals surface area contributed by atoms with Crippen LogP contribution < -0.4 is 0 Å². The van der Waals surface area contributed by atoms with Crippen molar-refractivity contribution >= 4 is 75.1 Å². The van der Waals surface area contributed by atoms with Crippen molar-refractivity contribution in [2.45, 2.75) is 0 Å². The van der Waals surface area contributed by atoms with Gasteiger partial charge in [-0.25, -0.2) is 9.97 Å². The summed E-state index contributed by atoms with van der Waals surface area (Å²) >= 11 is 1.80. The zero-order valence-corrected chi connectivity index (χ0v) is 22.1. The third-order valence-corrected chi connectivity index (χ3v) is 8.99. The molecule has 9 rings (SSSR count). The molecule has 0 radical (unpaired) electrons. The van der Waals surface area contributed by atoms with Crippen LogP contribution >= 0.6 is 11.3 Å². The van der Waals surface area contributed by atoms with Gasteiger partial charge in [0.2, 0.25) is 5.95 Å². The van der Waals surface area contributed by atoms with Gasteiger partial charge in [-0.2, -0.15) is 0 Å². The number of para-hydroxylation sites is 2. The minimum absolute atomic E-state index is 0.672. The van der Waals surface area contributed by atoms with Gasteiger partial charge in [-0.3, -0.25) is 9.55 Å². The van der Waals surface area contributed by atoms with Gasteiger partial charge in [0, 0.05) is 33.3 Å². The Hall–Kier alpha value is -5.13. The van der Waals surface area contributed by atoms with E-state index in [9.17, 15) is 0 Å². The number of benzene rings is 5. The van der Waals surface area contributed by atoms with Crippen molar-refractivity contribution in [1.82, 2.24) is 19.5 Å². The third-order valence-electron chi connectivity index (χ3n) is 7.84. The van der Waals surface area contributed by atoms with Crippen LogP contribution in [0.15, 0.2) is 121 Å². The van der Waals surface area contributed by atoms with E-state index in [1.165, 1.54) is 36.3 Å². The Labute approximate surface area is 232 Å². The van der Waals surface area contributed by atoms with E-state index in [0.29, 0.717) is 5.95 Å². The van der Waals surface area contributed by atoms with Crippen LogP contribution in [0, 0.1) is 0 Å². The van der Waals surface area contributed by atoms with Crippen LogP contribution in [0.5, 0.6) is 0 Å². The topological polar surface area (TPSA) is 43.6 Å². The number of hydrogen-bond acceptors (Lipinski definition) is 4. The van der Waals surface area contributed by atoms with Crippen molar-refractivity contribution in [1.29, 1.82) is 0 Å². The Morgan fingerprint density at radius 3 is 2.12 bits per heavy atom. The Morgan fingerprint density at radius 1 is 0.575 bits per heavy atom. The summed E-state index contributed by atoms with van der Waals surface area (Å²) in [7, 11) is 0. The minimum atomic E-state index is 0.672. The average Bonchev–Trinajstić information content (AvgIpc) is 3.58. The second-order valence-corrected chi connectivity index (χ2v) is 11.1. The predicted octanol–water partition coefficient (Wildman–Crippen LogP) is 9.31. The number of aromatic nitrogens is 4. The third kappa shape index (κ3) is 2.92. The molecule has 0 fully saturated rings. The van der Waals surface area contributed by atoms with Crippen LogP contribution in [-0.2, 0) is 0 Å². The molecule has 0 aliphatic rings. The Balaban J connectivity index is 1.54. The molecule has 0 spiro atoms. The smallest absolute Gasteiger partial charge is 0.235 e. The van der Waals surface area contributed by atoms with Crippen LogP contribution in [0.4, 0.5) is 0 Å². The molecule has 4 heterocycles. The zero-order valence-electron chi connectivity index (χ0n) is 21.2. The zero-order chi connectivity index (χ0) is 26.2. The first kappa shape index (κ1) is 21.8. The number of pyridine rings is 1. The predicted molar refractivity (Wildman–Crippen MR) is 168 cm³/mol. The summed E-state index contributed by atoms with van der Waals surface area (Å²) in [5.74, 6) is 0.672. The first-order valence-electron chi connectivity index (χ1n) is 13.3. The number of rotatable bonds is 2. The Morgan fingerprint density at radius 2 is 1.27 bits per heavy atom. The highest BCUT2D eigenvalue weighted by Crippen LogP contribution is 2.47. The molecule has 5 aromatic carbocycles. The van der Waals surface area contributed by atoms with Gasteiger partial charge in [0.1, 0.15) is 0 Å². The summed E-state index contributed by atoms with van der Waals surface area (Å²) < 4.78 is 4.65. The highest BCUT2D eigenvalue weighted by molar-refractivity contribution is 7.26. The molecule has 186 valence electrons. The molecule has 4 nitrogen and oxygen atoms in total. The minimum Gasteiger partial charge on any atom is -0.276 e. The molecule has 0 amide bonds. The Bertz CT molecular complexity index is 2440. The van der Waals surface area contributed by atoms with Gasteiger partial charge in [-0.05, 0) is 35.0 Å². The number of hydrogen-bond donors (Lipinski definition) is 0. The van der Waals surface area contributed by atoms with Crippen LogP contribution in [0.3, 0.4) is 0 Å². The second kappa shape index (κ2) is 8.18. The van der Waals surface area contributed by atoms with E-state index in [1.54, 1.807) is 11.3 Å². The highest BCUT2D eigenvalue weighted by Gasteiger charge is 2.23. The molecule has 0 aliphatic carbocycles. The summed E-state index contributed by atoms with van der Waals surface area (Å²) in [6.45, 7) is 0. The van der Waals surface area contributed by atoms with Crippen LogP contribution in [0.1, 0.15) is 0 Å². The fourth-order valence-corrected chi connectivity index (χ4v) is 7.40. The summed E-state index contributed by atoms with van der Waals surface area (Å²) in [6.07, 6.45) is 1.89. The first-order chi connectivity index (χ1) is 19.9. The van der Waals surface area contributed by atoms with E-state index in [1.807, 2.05) is 24.4 Å². The van der Waals surface area contributed by atoms with Crippen LogP contribution in [0.25, 0.3) is 81.0 Å². The van der Waals surface area contributed by atoms with E-state index in [0.717, 1.165) is 38.7 Å². The summed E-state index contributed by atoms with van der Waals surface area (Å²) in [4.78, 5) is 15.3. The van der Waals surface area contributed by atoms with Crippen LogP contribution in [-0.4, -0.2) is 19.5 Å². The molecule has 9 aromatic rings. The fraction of sp³-hybridized carbons (Fsp3) is 0. The molecule has 0 saturated heterocycles. The molecular weight excluding hydrogens is 508 g/mol. The maximum Gasteiger partial charge on any atom is 0.235 e. The van der Waals surface area contributed by atoms with Gasteiger partial charge in [-0.1, -0.05) is 91.0 Å². The molecule has 0 saturated carbocycles. The lowest BCUT2D eigenvalue weighted by molar-refractivity contribution is 1.02. The van der Waals surface area contributed by atoms with Gasteiger partial charge < -0.3 is 0 Å². The quantitative estimate of drug-likeness (QED) is 0.225. The Kier molecular flexibility index (Phi) is 4.45. The van der Waals surface area contributed by atoms with Crippen molar-refractivity contribution in [3.63, 3.8) is 0 Å². The average molecular weight is 529 g/mol. The molecule has 5 heteroatoms. The van der Waals surface area contributed by atoms with E-state index < -0.39 is 0 Å². The molecule has 40 heavy (non-hydrogen) atoms. The summed E-state index contributed by atoms with van der Waals surface area (Å²) in [6, 6.07) is 40.2. The lowest BCUT2D eigenvalue weighted by Crippen LogP contribution is -2.03. The van der Waals surface area contributed by atoms with Crippen molar-refractivity contribution in [2.24, 2.45) is 0 Å². The molecule has 4 aromatic heterocycles. The van der Waals surface area contributed by atoms with Gasteiger partial charge in [0.15, 0.2) is 0 Å². The maximum absolute atomic E-state index is 5.30. The molecule has 0 bridgehead atoms. The second-order valence-electron chi connectivity index (χ2n) is 10.0. The molecule has 0 aliphatic heterocycles. The standard InChI is InChI=1S/C35H20N4S/c1-2-11-21(12-3-1)31-24-15-6-8-17-26(24)37-35(38-31)39-27-18-9-7-16-25(27)29-22-13-4-5-14-23(22)30-32-28(19-10-20-36-32)40-34(30)33(29)39/h1-20H. The number of thiophene rings is 1. The fourth-order valence-electron chi connectivity index (χ4n) is 6.18. The van der Waals surface area contributed by atoms with E-state index in [-0.39, 0.29) is 0 Å². The number of fused-ring (bicyclic) bond motifs is 11. The van der Waals surface area contributed by atoms with Crippen LogP contribution in [0.2, 0.25) is 0 Å². The normalized spacial score (nSPS) is 12.0. The maximum atomic E-state index is 5.30. The first-order valence-corrected chi connectivity index (χ1v) is 14.1. The SMILES string of the molecule is c1ccc(-c2nc(-n3c4ccccc4c4c5ccccc5c5c6ncccc6sc5c43)nc3ccccc23)cc1. The van der Waals surface area contributed by atoms with Gasteiger partial charge >= 0.3 is 0 Å². The van der Waals surface area contributed by atoms with Crippen molar-refractivity contribution < 1.29 is 0 Å². The lowest BCUT2D eigenvalue weighted by Gasteiger charge is -2.12. The summed E-state index contributed by atoms with van der Waals surface area (Å²) in [5, 5.41) is 7.09. The van der Waals surface area contributed by atoms with E-state index in [2.05, 4.69) is 102 Å². The molecule has 0 unspecified atom stereocenters. The monoisotopic (exact) mass is 528 g/mol. The molecular formula is C35H20N4S.